The summed E-state index contributed by atoms with van der Waals surface area (Å²) in [5, 5.41) is 0. The third kappa shape index (κ3) is 4.32. The molecule has 1 aliphatic carbocycles. The molecule has 0 amide bonds. The van der Waals surface area contributed by atoms with Gasteiger partial charge in [0.25, 0.3) is 0 Å². The van der Waals surface area contributed by atoms with Gasteiger partial charge >= 0.3 is 0 Å². The molecule has 0 atom stereocenters. The monoisotopic (exact) mass is 275 g/mol. The van der Waals surface area contributed by atoms with Gasteiger partial charge in [0.05, 0.1) is 12.2 Å². The third-order valence-electron chi connectivity index (χ3n) is 4.73. The van der Waals surface area contributed by atoms with Gasteiger partial charge in [-0.1, -0.05) is 50.1 Å². The van der Waals surface area contributed by atoms with E-state index < -0.39 is 0 Å². The highest BCUT2D eigenvalue weighted by Crippen LogP contribution is 2.36. The smallest absolute Gasteiger partial charge is 0.0804 e. The average Bonchev–Trinajstić information content (AvgIpc) is 2.51. The second kappa shape index (κ2) is 7.80. The predicted molar refractivity (Wildman–Crippen MR) is 84.7 cm³/mol. The molecule has 0 radical (unpaired) electrons. The Morgan fingerprint density at radius 1 is 1.20 bits per heavy atom. The average molecular weight is 275 g/mol. The highest BCUT2D eigenvalue weighted by atomic mass is 16.5. The van der Waals surface area contributed by atoms with Crippen LogP contribution in [0.1, 0.15) is 51.0 Å². The van der Waals surface area contributed by atoms with Gasteiger partial charge in [0.15, 0.2) is 0 Å². The van der Waals surface area contributed by atoms with E-state index in [0.29, 0.717) is 6.54 Å². The topological polar surface area (TPSA) is 35.2 Å². The van der Waals surface area contributed by atoms with Crippen molar-refractivity contribution in [2.45, 2.75) is 57.5 Å². The van der Waals surface area contributed by atoms with Gasteiger partial charge in [-0.3, -0.25) is 0 Å². The van der Waals surface area contributed by atoms with E-state index in [1.807, 2.05) is 0 Å². The van der Waals surface area contributed by atoms with Crippen molar-refractivity contribution in [1.82, 2.24) is 0 Å². The molecule has 1 aliphatic rings. The Balaban J connectivity index is 1.78. The number of ether oxygens (including phenoxy) is 1. The molecular weight excluding hydrogens is 246 g/mol. The van der Waals surface area contributed by atoms with E-state index in [1.165, 1.54) is 31.2 Å². The molecule has 2 rings (SSSR count). The molecule has 0 spiro atoms. The van der Waals surface area contributed by atoms with Gasteiger partial charge in [-0.25, -0.2) is 0 Å². The molecule has 20 heavy (non-hydrogen) atoms. The predicted octanol–water partition coefficient (Wildman–Crippen LogP) is 3.93. The quantitative estimate of drug-likeness (QED) is 0.818. The Morgan fingerprint density at radius 2 is 1.90 bits per heavy atom. The number of hydrogen-bond donors (Lipinski definition) is 1. The molecule has 0 aromatic heterocycles. The lowest BCUT2D eigenvalue weighted by molar-refractivity contribution is -0.0706. The summed E-state index contributed by atoms with van der Waals surface area (Å²) in [6.45, 7) is 3.74. The standard InChI is InChI=1S/C18H29NO/c1-2-6-16-9-12-18(15-19,13-10-16)20-14-11-17-7-4-3-5-8-17/h3-5,7-8,16H,2,6,9-15,19H2,1H3. The molecule has 2 N–H and O–H groups in total. The lowest BCUT2D eigenvalue weighted by atomic mass is 9.77. The number of benzene rings is 1. The molecule has 1 fully saturated rings. The summed E-state index contributed by atoms with van der Waals surface area (Å²) in [5.41, 5.74) is 7.32. The maximum Gasteiger partial charge on any atom is 0.0804 e. The fraction of sp³-hybridized carbons (Fsp3) is 0.667. The Hall–Kier alpha value is -0.860. The van der Waals surface area contributed by atoms with E-state index in [9.17, 15) is 0 Å². The van der Waals surface area contributed by atoms with E-state index in [2.05, 4.69) is 37.3 Å². The van der Waals surface area contributed by atoms with Crippen LogP contribution in [-0.2, 0) is 11.2 Å². The second-order valence-electron chi connectivity index (χ2n) is 6.20. The highest BCUT2D eigenvalue weighted by molar-refractivity contribution is 5.14. The minimum absolute atomic E-state index is 0.0426. The maximum atomic E-state index is 6.23. The van der Waals surface area contributed by atoms with Gasteiger partial charge in [0.2, 0.25) is 0 Å². The first-order chi connectivity index (χ1) is 9.78. The zero-order valence-electron chi connectivity index (χ0n) is 12.8. The summed E-state index contributed by atoms with van der Waals surface area (Å²) in [6, 6.07) is 10.6. The molecule has 1 saturated carbocycles. The maximum absolute atomic E-state index is 6.23. The lowest BCUT2D eigenvalue weighted by Crippen LogP contribution is -2.44. The number of nitrogens with two attached hydrogens (primary N) is 1. The van der Waals surface area contributed by atoms with Crippen molar-refractivity contribution in [2.75, 3.05) is 13.2 Å². The summed E-state index contributed by atoms with van der Waals surface area (Å²) in [5.74, 6) is 0.900. The summed E-state index contributed by atoms with van der Waals surface area (Å²) in [4.78, 5) is 0. The van der Waals surface area contributed by atoms with E-state index in [-0.39, 0.29) is 5.60 Å². The molecule has 2 heteroatoms. The summed E-state index contributed by atoms with van der Waals surface area (Å²) in [6.07, 6.45) is 8.51. The third-order valence-corrected chi connectivity index (χ3v) is 4.73. The lowest BCUT2D eigenvalue weighted by Gasteiger charge is -2.39. The largest absolute Gasteiger partial charge is 0.373 e. The van der Waals surface area contributed by atoms with Crippen LogP contribution in [0.25, 0.3) is 0 Å². The van der Waals surface area contributed by atoms with Crippen molar-refractivity contribution in [3.05, 3.63) is 35.9 Å². The van der Waals surface area contributed by atoms with E-state index in [1.54, 1.807) is 0 Å². The molecule has 112 valence electrons. The van der Waals surface area contributed by atoms with Crippen LogP contribution in [-0.4, -0.2) is 18.8 Å². The van der Waals surface area contributed by atoms with Gasteiger partial charge < -0.3 is 10.5 Å². The van der Waals surface area contributed by atoms with Crippen LogP contribution in [0.4, 0.5) is 0 Å². The number of hydrogen-bond acceptors (Lipinski definition) is 2. The van der Waals surface area contributed by atoms with Crippen molar-refractivity contribution < 1.29 is 4.74 Å². The van der Waals surface area contributed by atoms with Crippen LogP contribution in [0.2, 0.25) is 0 Å². The van der Waals surface area contributed by atoms with Crippen LogP contribution in [0.5, 0.6) is 0 Å². The highest BCUT2D eigenvalue weighted by Gasteiger charge is 2.34. The SMILES string of the molecule is CCCC1CCC(CN)(OCCc2ccccc2)CC1. The Labute approximate surface area is 123 Å². The van der Waals surface area contributed by atoms with E-state index in [4.69, 9.17) is 10.5 Å². The van der Waals surface area contributed by atoms with Gasteiger partial charge in [-0.15, -0.1) is 0 Å². The van der Waals surface area contributed by atoms with Crippen LogP contribution in [0.3, 0.4) is 0 Å². The normalized spacial score (nSPS) is 26.6. The van der Waals surface area contributed by atoms with E-state index in [0.717, 1.165) is 31.8 Å². The first-order valence-electron chi connectivity index (χ1n) is 8.16. The summed E-state index contributed by atoms with van der Waals surface area (Å²) >= 11 is 0. The van der Waals surface area contributed by atoms with Crippen molar-refractivity contribution in [3.8, 4) is 0 Å². The Morgan fingerprint density at radius 3 is 2.50 bits per heavy atom. The molecular formula is C18H29NO. The first kappa shape index (κ1) is 15.5. The molecule has 1 aromatic carbocycles. The van der Waals surface area contributed by atoms with Gasteiger partial charge in [0, 0.05) is 6.54 Å². The summed E-state index contributed by atoms with van der Waals surface area (Å²) < 4.78 is 6.23. The van der Waals surface area contributed by atoms with Crippen molar-refractivity contribution >= 4 is 0 Å². The molecule has 2 nitrogen and oxygen atoms in total. The Bertz CT molecular complexity index is 368. The molecule has 1 aromatic rings. The minimum atomic E-state index is -0.0426. The molecule has 0 unspecified atom stereocenters. The van der Waals surface area contributed by atoms with Crippen LogP contribution < -0.4 is 5.73 Å². The van der Waals surface area contributed by atoms with Gasteiger partial charge in [-0.2, -0.15) is 0 Å². The van der Waals surface area contributed by atoms with Crippen molar-refractivity contribution in [1.29, 1.82) is 0 Å². The van der Waals surface area contributed by atoms with Gasteiger partial charge in [0.1, 0.15) is 0 Å². The minimum Gasteiger partial charge on any atom is -0.373 e. The van der Waals surface area contributed by atoms with Crippen LogP contribution >= 0.6 is 0 Å². The van der Waals surface area contributed by atoms with Gasteiger partial charge in [-0.05, 0) is 43.6 Å². The molecule has 0 heterocycles. The first-order valence-corrected chi connectivity index (χ1v) is 8.16. The fourth-order valence-corrected chi connectivity index (χ4v) is 3.34. The van der Waals surface area contributed by atoms with Crippen molar-refractivity contribution in [2.24, 2.45) is 11.7 Å². The molecule has 0 aliphatic heterocycles. The van der Waals surface area contributed by atoms with Crippen molar-refractivity contribution in [3.63, 3.8) is 0 Å². The van der Waals surface area contributed by atoms with E-state index >= 15 is 0 Å². The number of rotatable bonds is 7. The zero-order chi connectivity index (χ0) is 14.3. The summed E-state index contributed by atoms with van der Waals surface area (Å²) in [7, 11) is 0. The zero-order valence-corrected chi connectivity index (χ0v) is 12.8. The van der Waals surface area contributed by atoms with Crippen LogP contribution in [0.15, 0.2) is 30.3 Å². The fourth-order valence-electron chi connectivity index (χ4n) is 3.34. The molecule has 0 bridgehead atoms. The van der Waals surface area contributed by atoms with Crippen LogP contribution in [0, 0.1) is 5.92 Å². The second-order valence-corrected chi connectivity index (χ2v) is 6.20. The Kier molecular flexibility index (Phi) is 6.06. The molecule has 0 saturated heterocycles.